The summed E-state index contributed by atoms with van der Waals surface area (Å²) in [6.45, 7) is 0.424. The third-order valence-corrected chi connectivity index (χ3v) is 4.97. The number of pyridine rings is 1. The number of imidazole rings is 1. The normalized spacial score (nSPS) is 15.2. The summed E-state index contributed by atoms with van der Waals surface area (Å²) in [4.78, 5) is 13.3. The number of anilines is 1. The minimum absolute atomic E-state index is 0.319. The Labute approximate surface area is 173 Å². The van der Waals surface area contributed by atoms with Gasteiger partial charge in [0.1, 0.15) is 6.61 Å². The van der Waals surface area contributed by atoms with Gasteiger partial charge >= 0.3 is 0 Å². The monoisotopic (exact) mass is 400 g/mol. The van der Waals surface area contributed by atoms with Crippen LogP contribution in [0.1, 0.15) is 17.3 Å². The molecule has 0 amide bonds. The number of nitrogens with two attached hydrogens (primary N) is 1. The minimum Gasteiger partial charge on any atom is -0.493 e. The van der Waals surface area contributed by atoms with E-state index in [1.807, 2.05) is 59.2 Å². The molecule has 3 heterocycles. The van der Waals surface area contributed by atoms with Crippen LogP contribution in [0, 0.1) is 0 Å². The first kappa shape index (κ1) is 18.0. The van der Waals surface area contributed by atoms with E-state index in [2.05, 4.69) is 20.3 Å². The summed E-state index contributed by atoms with van der Waals surface area (Å²) >= 11 is 0. The van der Waals surface area contributed by atoms with Gasteiger partial charge in [-0.25, -0.2) is 9.98 Å². The van der Waals surface area contributed by atoms with Gasteiger partial charge in [0, 0.05) is 18.0 Å². The van der Waals surface area contributed by atoms with Crippen LogP contribution in [0.3, 0.4) is 0 Å². The van der Waals surface area contributed by atoms with E-state index < -0.39 is 0 Å². The molecule has 0 saturated carbocycles. The Morgan fingerprint density at radius 3 is 2.73 bits per heavy atom. The van der Waals surface area contributed by atoms with E-state index in [1.54, 1.807) is 19.5 Å². The van der Waals surface area contributed by atoms with Gasteiger partial charge in [0.2, 0.25) is 5.95 Å². The van der Waals surface area contributed by atoms with E-state index in [4.69, 9.17) is 15.2 Å². The second-order valence-corrected chi connectivity index (χ2v) is 6.86. The topological polar surface area (TPSA) is 99.6 Å². The molecule has 0 fully saturated rings. The maximum atomic E-state index is 6.04. The number of fused-ring (bicyclic) bond motifs is 3. The van der Waals surface area contributed by atoms with Gasteiger partial charge in [0.15, 0.2) is 23.6 Å². The largest absolute Gasteiger partial charge is 0.493 e. The molecule has 3 N–H and O–H groups in total. The van der Waals surface area contributed by atoms with Crippen molar-refractivity contribution in [3.63, 3.8) is 0 Å². The Morgan fingerprint density at radius 2 is 1.90 bits per heavy atom. The van der Waals surface area contributed by atoms with Crippen molar-refractivity contribution in [2.24, 2.45) is 10.7 Å². The number of hydrogen-bond donors (Lipinski definition) is 2. The zero-order valence-corrected chi connectivity index (χ0v) is 16.3. The molecular weight excluding hydrogens is 380 g/mol. The number of aromatic nitrogens is 3. The van der Waals surface area contributed by atoms with Crippen molar-refractivity contribution in [1.82, 2.24) is 14.5 Å². The number of guanidine groups is 1. The molecule has 0 saturated heterocycles. The van der Waals surface area contributed by atoms with Crippen LogP contribution in [0.25, 0.3) is 11.0 Å². The quantitative estimate of drug-likeness (QED) is 0.533. The fourth-order valence-electron chi connectivity index (χ4n) is 3.54. The van der Waals surface area contributed by atoms with Crippen molar-refractivity contribution in [2.75, 3.05) is 12.4 Å². The van der Waals surface area contributed by atoms with E-state index in [1.165, 1.54) is 0 Å². The lowest BCUT2D eigenvalue weighted by molar-refractivity contribution is 0.284. The molecule has 30 heavy (non-hydrogen) atoms. The van der Waals surface area contributed by atoms with Crippen molar-refractivity contribution in [2.45, 2.75) is 12.8 Å². The molecule has 0 aliphatic carbocycles. The highest BCUT2D eigenvalue weighted by molar-refractivity contribution is 5.94. The van der Waals surface area contributed by atoms with Gasteiger partial charge in [-0.2, -0.15) is 0 Å². The lowest BCUT2D eigenvalue weighted by Gasteiger charge is -2.24. The van der Waals surface area contributed by atoms with Crippen LogP contribution >= 0.6 is 0 Å². The van der Waals surface area contributed by atoms with E-state index in [9.17, 15) is 0 Å². The van der Waals surface area contributed by atoms with Gasteiger partial charge in [-0.1, -0.05) is 18.2 Å². The number of para-hydroxylation sites is 2. The summed E-state index contributed by atoms with van der Waals surface area (Å²) in [6.07, 6.45) is 3.12. The maximum Gasteiger partial charge on any atom is 0.212 e. The lowest BCUT2D eigenvalue weighted by Crippen LogP contribution is -2.31. The Morgan fingerprint density at radius 1 is 1.07 bits per heavy atom. The van der Waals surface area contributed by atoms with Crippen LogP contribution < -0.4 is 20.5 Å². The first-order valence-corrected chi connectivity index (χ1v) is 9.50. The molecule has 8 nitrogen and oxygen atoms in total. The minimum atomic E-state index is -0.364. The summed E-state index contributed by atoms with van der Waals surface area (Å²) in [5.74, 6) is 2.25. The first-order chi connectivity index (χ1) is 14.7. The average Bonchev–Trinajstić information content (AvgIpc) is 3.16. The van der Waals surface area contributed by atoms with E-state index in [-0.39, 0.29) is 6.17 Å². The Balaban J connectivity index is 1.50. The third kappa shape index (κ3) is 3.18. The van der Waals surface area contributed by atoms with Crippen LogP contribution in [0.2, 0.25) is 0 Å². The summed E-state index contributed by atoms with van der Waals surface area (Å²) in [5.41, 5.74) is 9.82. The Hall–Kier alpha value is -4.07. The summed E-state index contributed by atoms with van der Waals surface area (Å²) in [5, 5.41) is 3.05. The Kier molecular flexibility index (Phi) is 4.44. The van der Waals surface area contributed by atoms with Crippen LogP contribution in [-0.2, 0) is 6.61 Å². The highest BCUT2D eigenvalue weighted by Crippen LogP contribution is 2.36. The van der Waals surface area contributed by atoms with Gasteiger partial charge < -0.3 is 15.2 Å². The predicted octanol–water partition coefficient (Wildman–Crippen LogP) is 3.31. The molecule has 0 radical (unpaired) electrons. The molecule has 8 heteroatoms. The first-order valence-electron chi connectivity index (χ1n) is 9.50. The van der Waals surface area contributed by atoms with Crippen LogP contribution in [0.5, 0.6) is 11.5 Å². The number of methoxy groups -OCH3 is 1. The molecule has 4 aromatic rings. The average molecular weight is 400 g/mol. The highest BCUT2D eigenvalue weighted by Gasteiger charge is 2.25. The van der Waals surface area contributed by atoms with E-state index in [0.29, 0.717) is 30.0 Å². The summed E-state index contributed by atoms with van der Waals surface area (Å²) < 4.78 is 13.6. The fraction of sp³-hybridized carbons (Fsp3) is 0.136. The van der Waals surface area contributed by atoms with Gasteiger partial charge in [0.05, 0.1) is 18.1 Å². The lowest BCUT2D eigenvalue weighted by atomic mass is 10.1. The van der Waals surface area contributed by atoms with Crippen molar-refractivity contribution in [3.8, 4) is 11.5 Å². The number of nitrogens with one attached hydrogen (secondary N) is 1. The second kappa shape index (κ2) is 7.40. The number of ether oxygens (including phenoxy) is 2. The number of aliphatic imine (C=N–C) groups is 1. The zero-order valence-electron chi connectivity index (χ0n) is 16.3. The van der Waals surface area contributed by atoms with Crippen LogP contribution in [0.15, 0.2) is 72.0 Å². The standard InChI is InChI=1S/C22H20N6O2/c1-29-19-12-15(6-7-18(19)30-13-14-8-10-24-11-9-14)20-26-21(23)27-22-25-16-4-2-3-5-17(16)28(20)22/h2-12,20H,13H2,1H3,(H3,23,25,26,27). The van der Waals surface area contributed by atoms with Gasteiger partial charge in [-0.15, -0.1) is 0 Å². The summed E-state index contributed by atoms with van der Waals surface area (Å²) in [6, 6.07) is 17.5. The molecule has 1 aliphatic heterocycles. The van der Waals surface area contributed by atoms with Crippen molar-refractivity contribution in [1.29, 1.82) is 0 Å². The molecule has 0 bridgehead atoms. The van der Waals surface area contributed by atoms with Crippen molar-refractivity contribution < 1.29 is 9.47 Å². The number of nitrogens with zero attached hydrogens (tertiary/aromatic N) is 4. The predicted molar refractivity (Wildman–Crippen MR) is 115 cm³/mol. The SMILES string of the molecule is COc1cc(C2N=C(N)Nc3nc4ccccc4n32)ccc1OCc1ccncc1. The molecule has 150 valence electrons. The van der Waals surface area contributed by atoms with Crippen LogP contribution in [-0.4, -0.2) is 27.6 Å². The fourth-order valence-corrected chi connectivity index (χ4v) is 3.54. The van der Waals surface area contributed by atoms with Gasteiger partial charge in [-0.05, 0) is 42.0 Å². The maximum absolute atomic E-state index is 6.04. The number of hydrogen-bond acceptors (Lipinski definition) is 7. The molecule has 0 spiro atoms. The van der Waals surface area contributed by atoms with Gasteiger partial charge in [0.25, 0.3) is 0 Å². The van der Waals surface area contributed by atoms with E-state index in [0.717, 1.165) is 22.2 Å². The molecule has 1 atom stereocenters. The number of rotatable bonds is 5. The second-order valence-electron chi connectivity index (χ2n) is 6.86. The molecule has 1 aliphatic rings. The van der Waals surface area contributed by atoms with Crippen molar-refractivity contribution >= 4 is 22.9 Å². The number of benzene rings is 2. The highest BCUT2D eigenvalue weighted by atomic mass is 16.5. The molecule has 1 unspecified atom stereocenters. The zero-order chi connectivity index (χ0) is 20.5. The smallest absolute Gasteiger partial charge is 0.212 e. The Bertz CT molecular complexity index is 1240. The van der Waals surface area contributed by atoms with Gasteiger partial charge in [-0.3, -0.25) is 14.9 Å². The van der Waals surface area contributed by atoms with Crippen LogP contribution in [0.4, 0.5) is 5.95 Å². The van der Waals surface area contributed by atoms with Crippen molar-refractivity contribution in [3.05, 3.63) is 78.1 Å². The molecular formula is C22H20N6O2. The third-order valence-electron chi connectivity index (χ3n) is 4.97. The van der Waals surface area contributed by atoms with E-state index >= 15 is 0 Å². The molecule has 5 rings (SSSR count). The molecule has 2 aromatic carbocycles. The molecule has 2 aromatic heterocycles. The summed E-state index contributed by atoms with van der Waals surface area (Å²) in [7, 11) is 1.62.